The van der Waals surface area contributed by atoms with Crippen molar-refractivity contribution in [2.24, 2.45) is 11.3 Å². The third-order valence-electron chi connectivity index (χ3n) is 4.51. The molecule has 1 N–H and O–H groups in total. The van der Waals surface area contributed by atoms with E-state index < -0.39 is 0 Å². The van der Waals surface area contributed by atoms with Crippen LogP contribution in [-0.2, 0) is 6.42 Å². The van der Waals surface area contributed by atoms with Gasteiger partial charge in [0, 0.05) is 17.7 Å². The van der Waals surface area contributed by atoms with Crippen molar-refractivity contribution in [3.63, 3.8) is 0 Å². The van der Waals surface area contributed by atoms with Gasteiger partial charge in [0.25, 0.3) is 5.56 Å². The van der Waals surface area contributed by atoms with Crippen LogP contribution in [0, 0.1) is 11.3 Å². The first-order chi connectivity index (χ1) is 8.90. The second-order valence-electron chi connectivity index (χ2n) is 6.89. The van der Waals surface area contributed by atoms with Gasteiger partial charge >= 0.3 is 0 Å². The minimum absolute atomic E-state index is 0.000190. The van der Waals surface area contributed by atoms with Gasteiger partial charge in [-0.05, 0) is 43.4 Å². The Morgan fingerprint density at radius 2 is 1.89 bits per heavy atom. The molecule has 0 radical (unpaired) electrons. The van der Waals surface area contributed by atoms with Crippen molar-refractivity contribution >= 4 is 0 Å². The lowest BCUT2D eigenvalue weighted by Crippen LogP contribution is -2.26. The molecule has 3 heteroatoms. The molecule has 1 aromatic rings. The molecule has 0 unspecified atom stereocenters. The minimum atomic E-state index is -0.000190. The molecule has 0 amide bonds. The van der Waals surface area contributed by atoms with E-state index in [1.54, 1.807) is 6.07 Å². The Morgan fingerprint density at radius 1 is 1.26 bits per heavy atom. The van der Waals surface area contributed by atoms with Crippen LogP contribution in [0.5, 0.6) is 0 Å². The van der Waals surface area contributed by atoms with Crippen molar-refractivity contribution in [3.05, 3.63) is 27.9 Å². The predicted molar refractivity (Wildman–Crippen MR) is 78.4 cm³/mol. The van der Waals surface area contributed by atoms with E-state index in [-0.39, 0.29) is 5.56 Å². The van der Waals surface area contributed by atoms with E-state index in [1.807, 2.05) is 6.92 Å². The number of hydrogen-bond acceptors (Lipinski definition) is 2. The van der Waals surface area contributed by atoms with Crippen molar-refractivity contribution in [1.29, 1.82) is 0 Å². The summed E-state index contributed by atoms with van der Waals surface area (Å²) in [7, 11) is 0. The molecule has 0 bridgehead atoms. The highest BCUT2D eigenvalue weighted by Crippen LogP contribution is 2.42. The van der Waals surface area contributed by atoms with E-state index in [0.29, 0.717) is 11.3 Å². The number of rotatable bonds is 2. The maximum absolute atomic E-state index is 11.6. The quantitative estimate of drug-likeness (QED) is 0.884. The van der Waals surface area contributed by atoms with Crippen molar-refractivity contribution in [3.8, 4) is 0 Å². The Balaban J connectivity index is 2.09. The molecule has 106 valence electrons. The van der Waals surface area contributed by atoms with Crippen LogP contribution in [-0.4, -0.2) is 9.97 Å². The molecule has 0 aromatic carbocycles. The number of aryl methyl sites for hydroxylation is 1. The zero-order valence-electron chi connectivity index (χ0n) is 12.6. The van der Waals surface area contributed by atoms with Crippen LogP contribution in [0.15, 0.2) is 10.9 Å². The number of aromatic nitrogens is 2. The lowest BCUT2D eigenvalue weighted by atomic mass is 9.69. The van der Waals surface area contributed by atoms with E-state index in [4.69, 9.17) is 0 Å². The van der Waals surface area contributed by atoms with E-state index in [9.17, 15) is 4.79 Å². The van der Waals surface area contributed by atoms with Crippen LogP contribution in [0.4, 0.5) is 0 Å². The average molecular weight is 262 g/mol. The number of hydrogen-bond donors (Lipinski definition) is 1. The van der Waals surface area contributed by atoms with Gasteiger partial charge < -0.3 is 4.98 Å². The third kappa shape index (κ3) is 3.46. The van der Waals surface area contributed by atoms with E-state index in [0.717, 1.165) is 36.7 Å². The smallest absolute Gasteiger partial charge is 0.251 e. The van der Waals surface area contributed by atoms with Gasteiger partial charge in [-0.3, -0.25) is 4.79 Å². The van der Waals surface area contributed by atoms with Gasteiger partial charge in [-0.2, -0.15) is 0 Å². The summed E-state index contributed by atoms with van der Waals surface area (Å²) in [5.74, 6) is 2.15. The fraction of sp³-hybridized carbons (Fsp3) is 0.750. The van der Waals surface area contributed by atoms with Crippen LogP contribution in [0.1, 0.15) is 70.8 Å². The lowest BCUT2D eigenvalue weighted by molar-refractivity contribution is 0.167. The highest BCUT2D eigenvalue weighted by molar-refractivity contribution is 5.07. The largest absolute Gasteiger partial charge is 0.310 e. The molecular weight excluding hydrogens is 236 g/mol. The Labute approximate surface area is 115 Å². The summed E-state index contributed by atoms with van der Waals surface area (Å²) in [5, 5.41) is 0. The van der Waals surface area contributed by atoms with Crippen molar-refractivity contribution < 1.29 is 0 Å². The fourth-order valence-electron chi connectivity index (χ4n) is 3.14. The first-order valence-corrected chi connectivity index (χ1v) is 7.50. The SMILES string of the molecule is CCc1cc(=O)[nH]c(C2CCC(C(C)(C)C)CC2)n1. The second kappa shape index (κ2) is 5.48. The van der Waals surface area contributed by atoms with Gasteiger partial charge in [0.15, 0.2) is 0 Å². The molecule has 3 nitrogen and oxygen atoms in total. The van der Waals surface area contributed by atoms with Crippen molar-refractivity contribution in [2.75, 3.05) is 0 Å². The summed E-state index contributed by atoms with van der Waals surface area (Å²) >= 11 is 0. The maximum Gasteiger partial charge on any atom is 0.251 e. The summed E-state index contributed by atoms with van der Waals surface area (Å²) < 4.78 is 0. The molecule has 1 aromatic heterocycles. The molecule has 0 saturated heterocycles. The average Bonchev–Trinajstić information content (AvgIpc) is 2.37. The standard InChI is InChI=1S/C16H26N2O/c1-5-13-10-14(19)18-15(17-13)11-6-8-12(9-7-11)16(2,3)4/h10-12H,5-9H2,1-4H3,(H,17,18,19). The third-order valence-corrected chi connectivity index (χ3v) is 4.51. The summed E-state index contributed by atoms with van der Waals surface area (Å²) in [5.41, 5.74) is 1.31. The first kappa shape index (κ1) is 14.3. The molecule has 1 saturated carbocycles. The molecule has 0 spiro atoms. The molecule has 1 heterocycles. The van der Waals surface area contributed by atoms with Gasteiger partial charge in [-0.25, -0.2) is 4.98 Å². The van der Waals surface area contributed by atoms with Crippen LogP contribution in [0.3, 0.4) is 0 Å². The Hall–Kier alpha value is -1.12. The van der Waals surface area contributed by atoms with Crippen LogP contribution in [0.2, 0.25) is 0 Å². The Morgan fingerprint density at radius 3 is 2.42 bits per heavy atom. The molecule has 0 atom stereocenters. The monoisotopic (exact) mass is 262 g/mol. The van der Waals surface area contributed by atoms with E-state index >= 15 is 0 Å². The van der Waals surface area contributed by atoms with Gasteiger partial charge in [-0.15, -0.1) is 0 Å². The predicted octanol–water partition coefficient (Wildman–Crippen LogP) is 3.65. The lowest BCUT2D eigenvalue weighted by Gasteiger charge is -2.36. The van der Waals surface area contributed by atoms with Gasteiger partial charge in [0.2, 0.25) is 0 Å². The molecule has 1 aliphatic carbocycles. The van der Waals surface area contributed by atoms with Crippen molar-refractivity contribution in [1.82, 2.24) is 9.97 Å². The van der Waals surface area contributed by atoms with Gasteiger partial charge in [0.05, 0.1) is 0 Å². The molecule has 1 aliphatic rings. The molecule has 2 rings (SSSR count). The Kier molecular flexibility index (Phi) is 4.12. The highest BCUT2D eigenvalue weighted by Gasteiger charge is 2.31. The number of nitrogens with one attached hydrogen (secondary N) is 1. The van der Waals surface area contributed by atoms with E-state index in [1.165, 1.54) is 12.8 Å². The zero-order chi connectivity index (χ0) is 14.0. The van der Waals surface area contributed by atoms with Gasteiger partial charge in [-0.1, -0.05) is 27.7 Å². The molecule has 0 aliphatic heterocycles. The molecular formula is C16H26N2O. The number of nitrogens with zero attached hydrogens (tertiary/aromatic N) is 1. The highest BCUT2D eigenvalue weighted by atomic mass is 16.1. The van der Waals surface area contributed by atoms with E-state index in [2.05, 4.69) is 30.7 Å². The number of H-pyrrole nitrogens is 1. The fourth-order valence-corrected chi connectivity index (χ4v) is 3.14. The summed E-state index contributed by atoms with van der Waals surface area (Å²) in [4.78, 5) is 19.2. The second-order valence-corrected chi connectivity index (χ2v) is 6.89. The maximum atomic E-state index is 11.6. The summed E-state index contributed by atoms with van der Waals surface area (Å²) in [6.07, 6.45) is 5.62. The molecule has 1 fully saturated rings. The summed E-state index contributed by atoms with van der Waals surface area (Å²) in [6, 6.07) is 1.62. The van der Waals surface area contributed by atoms with Crippen LogP contribution in [0.25, 0.3) is 0 Å². The topological polar surface area (TPSA) is 45.8 Å². The van der Waals surface area contributed by atoms with Gasteiger partial charge in [0.1, 0.15) is 5.82 Å². The zero-order valence-corrected chi connectivity index (χ0v) is 12.6. The summed E-state index contributed by atoms with van der Waals surface area (Å²) in [6.45, 7) is 9.03. The van der Waals surface area contributed by atoms with Crippen LogP contribution < -0.4 is 5.56 Å². The van der Waals surface area contributed by atoms with Crippen LogP contribution >= 0.6 is 0 Å². The first-order valence-electron chi connectivity index (χ1n) is 7.50. The normalized spacial score (nSPS) is 24.4. The Bertz CT molecular complexity index is 476. The van der Waals surface area contributed by atoms with Crippen molar-refractivity contribution in [2.45, 2.75) is 65.7 Å². The minimum Gasteiger partial charge on any atom is -0.310 e. The molecule has 19 heavy (non-hydrogen) atoms. The number of aromatic amines is 1.